The van der Waals surface area contributed by atoms with E-state index in [0.717, 1.165) is 0 Å². The van der Waals surface area contributed by atoms with Crippen LogP contribution in [0.1, 0.15) is 10.4 Å². The van der Waals surface area contributed by atoms with E-state index in [0.29, 0.717) is 16.6 Å². The molecule has 0 spiro atoms. The van der Waals surface area contributed by atoms with Gasteiger partial charge in [-0.2, -0.15) is 4.68 Å². The van der Waals surface area contributed by atoms with Crippen molar-refractivity contribution in [3.8, 4) is 0 Å². The minimum atomic E-state index is -0.230. The van der Waals surface area contributed by atoms with Crippen LogP contribution in [0, 0.1) is 0 Å². The molecule has 0 aliphatic rings. The van der Waals surface area contributed by atoms with Crippen LogP contribution in [-0.2, 0) is 0 Å². The van der Waals surface area contributed by atoms with Crippen LogP contribution < -0.4 is 0 Å². The Kier molecular flexibility index (Phi) is 2.15. The van der Waals surface area contributed by atoms with Crippen LogP contribution in [0.25, 0.3) is 11.0 Å². The Bertz CT molecular complexity index is 675. The van der Waals surface area contributed by atoms with Gasteiger partial charge in [0, 0.05) is 12.4 Å². The van der Waals surface area contributed by atoms with Gasteiger partial charge in [-0.3, -0.25) is 9.78 Å². The molecule has 1 aromatic carbocycles. The number of aromatic nitrogens is 4. The summed E-state index contributed by atoms with van der Waals surface area (Å²) in [4.78, 5) is 16.1. The highest BCUT2D eigenvalue weighted by atomic mass is 16.2. The predicted octanol–water partition coefficient (Wildman–Crippen LogP) is 1.51. The van der Waals surface area contributed by atoms with Crippen molar-refractivity contribution in [1.29, 1.82) is 0 Å². The zero-order chi connectivity index (χ0) is 11.7. The summed E-state index contributed by atoms with van der Waals surface area (Å²) in [5, 5.41) is 7.80. The lowest BCUT2D eigenvalue weighted by molar-refractivity contribution is 0.0948. The highest BCUT2D eigenvalue weighted by molar-refractivity contribution is 5.99. The number of hydrogen-bond acceptors (Lipinski definition) is 4. The largest absolute Gasteiger partial charge is 0.281 e. The normalized spacial score (nSPS) is 10.6. The molecular formula is C12H8N4O. The molecule has 2 aromatic heterocycles. The van der Waals surface area contributed by atoms with E-state index in [2.05, 4.69) is 15.3 Å². The average molecular weight is 224 g/mol. The van der Waals surface area contributed by atoms with E-state index >= 15 is 0 Å². The van der Waals surface area contributed by atoms with Crippen molar-refractivity contribution in [2.24, 2.45) is 0 Å². The topological polar surface area (TPSA) is 60.7 Å². The molecule has 0 aliphatic heterocycles. The molecular weight excluding hydrogens is 216 g/mol. The first-order valence-electron chi connectivity index (χ1n) is 5.11. The summed E-state index contributed by atoms with van der Waals surface area (Å²) in [6.45, 7) is 0. The monoisotopic (exact) mass is 224 g/mol. The van der Waals surface area contributed by atoms with Gasteiger partial charge in [0.1, 0.15) is 5.52 Å². The van der Waals surface area contributed by atoms with Gasteiger partial charge in [0.25, 0.3) is 5.91 Å². The highest BCUT2D eigenvalue weighted by Gasteiger charge is 2.13. The Morgan fingerprint density at radius 3 is 2.82 bits per heavy atom. The first kappa shape index (κ1) is 9.65. The molecule has 0 bridgehead atoms. The molecule has 0 fully saturated rings. The summed E-state index contributed by atoms with van der Waals surface area (Å²) in [5.74, 6) is -0.230. The van der Waals surface area contributed by atoms with Crippen molar-refractivity contribution in [2.75, 3.05) is 0 Å². The fourth-order valence-corrected chi connectivity index (χ4v) is 1.63. The third kappa shape index (κ3) is 1.57. The number of rotatable bonds is 1. The van der Waals surface area contributed by atoms with Crippen molar-refractivity contribution >= 4 is 16.9 Å². The molecule has 82 valence electrons. The number of carbonyl (C=O) groups is 1. The Labute approximate surface area is 96.7 Å². The molecule has 0 saturated carbocycles. The zero-order valence-corrected chi connectivity index (χ0v) is 8.82. The van der Waals surface area contributed by atoms with Gasteiger partial charge in [-0.1, -0.05) is 17.3 Å². The molecule has 0 aliphatic carbocycles. The molecule has 0 radical (unpaired) electrons. The smallest absolute Gasteiger partial charge is 0.267 e. The van der Waals surface area contributed by atoms with E-state index in [1.807, 2.05) is 24.3 Å². The van der Waals surface area contributed by atoms with Gasteiger partial charge in [-0.25, -0.2) is 0 Å². The van der Waals surface area contributed by atoms with Crippen LogP contribution in [-0.4, -0.2) is 25.9 Å². The molecule has 0 amide bonds. The third-order valence-electron chi connectivity index (χ3n) is 2.45. The SMILES string of the molecule is O=C(c1cccnc1)n1nnc2ccccc21. The van der Waals surface area contributed by atoms with Crippen LogP contribution in [0.5, 0.6) is 0 Å². The Morgan fingerprint density at radius 2 is 2.00 bits per heavy atom. The molecule has 3 rings (SSSR count). The first-order chi connectivity index (χ1) is 8.36. The van der Waals surface area contributed by atoms with Crippen LogP contribution in [0.15, 0.2) is 48.8 Å². The third-order valence-corrected chi connectivity index (χ3v) is 2.45. The maximum atomic E-state index is 12.1. The maximum Gasteiger partial charge on any atom is 0.281 e. The number of para-hydroxylation sites is 1. The molecule has 5 heteroatoms. The van der Waals surface area contributed by atoms with Crippen molar-refractivity contribution in [1.82, 2.24) is 20.0 Å². The lowest BCUT2D eigenvalue weighted by Gasteiger charge is -1.99. The number of carbonyl (C=O) groups excluding carboxylic acids is 1. The molecule has 17 heavy (non-hydrogen) atoms. The lowest BCUT2D eigenvalue weighted by atomic mass is 10.2. The summed E-state index contributed by atoms with van der Waals surface area (Å²) >= 11 is 0. The van der Waals surface area contributed by atoms with Gasteiger partial charge < -0.3 is 0 Å². The summed E-state index contributed by atoms with van der Waals surface area (Å²) in [5.41, 5.74) is 1.88. The molecule has 2 heterocycles. The number of pyridine rings is 1. The fourth-order valence-electron chi connectivity index (χ4n) is 1.63. The van der Waals surface area contributed by atoms with Crippen molar-refractivity contribution in [3.05, 3.63) is 54.4 Å². The second kappa shape index (κ2) is 3.79. The second-order valence-corrected chi connectivity index (χ2v) is 3.54. The highest BCUT2D eigenvalue weighted by Crippen LogP contribution is 2.11. The minimum Gasteiger partial charge on any atom is -0.267 e. The van der Waals surface area contributed by atoms with E-state index in [1.165, 1.54) is 10.9 Å². The van der Waals surface area contributed by atoms with Crippen molar-refractivity contribution < 1.29 is 4.79 Å². The van der Waals surface area contributed by atoms with E-state index in [9.17, 15) is 4.79 Å². The summed E-state index contributed by atoms with van der Waals surface area (Å²) in [6, 6.07) is 10.7. The quantitative estimate of drug-likeness (QED) is 0.628. The Morgan fingerprint density at radius 1 is 1.12 bits per heavy atom. The standard InChI is InChI=1S/C12H8N4O/c17-12(9-4-3-7-13-8-9)16-11-6-2-1-5-10(11)14-15-16/h1-8H. The lowest BCUT2D eigenvalue weighted by Crippen LogP contribution is -2.13. The zero-order valence-electron chi connectivity index (χ0n) is 8.82. The molecule has 0 unspecified atom stereocenters. The molecule has 0 N–H and O–H groups in total. The van der Waals surface area contributed by atoms with Gasteiger partial charge >= 0.3 is 0 Å². The first-order valence-corrected chi connectivity index (χ1v) is 5.11. The number of fused-ring (bicyclic) bond motifs is 1. The minimum absolute atomic E-state index is 0.230. The van der Waals surface area contributed by atoms with Crippen LogP contribution in [0.4, 0.5) is 0 Å². The number of hydrogen-bond donors (Lipinski definition) is 0. The number of nitrogens with zero attached hydrogens (tertiary/aromatic N) is 4. The molecule has 3 aromatic rings. The Hall–Kier alpha value is -2.56. The van der Waals surface area contributed by atoms with E-state index in [1.54, 1.807) is 18.3 Å². The summed E-state index contributed by atoms with van der Waals surface area (Å²) in [7, 11) is 0. The van der Waals surface area contributed by atoms with Gasteiger partial charge in [-0.05, 0) is 24.3 Å². The second-order valence-electron chi connectivity index (χ2n) is 3.54. The van der Waals surface area contributed by atoms with Gasteiger partial charge in [0.15, 0.2) is 0 Å². The predicted molar refractivity (Wildman–Crippen MR) is 61.5 cm³/mol. The Balaban J connectivity index is 2.14. The molecule has 0 saturated heterocycles. The van der Waals surface area contributed by atoms with Crippen LogP contribution >= 0.6 is 0 Å². The maximum absolute atomic E-state index is 12.1. The van der Waals surface area contributed by atoms with Crippen LogP contribution in [0.2, 0.25) is 0 Å². The molecule has 5 nitrogen and oxygen atoms in total. The van der Waals surface area contributed by atoms with Crippen molar-refractivity contribution in [3.63, 3.8) is 0 Å². The van der Waals surface area contributed by atoms with E-state index in [-0.39, 0.29) is 5.91 Å². The van der Waals surface area contributed by atoms with E-state index in [4.69, 9.17) is 0 Å². The average Bonchev–Trinajstić information content (AvgIpc) is 2.83. The van der Waals surface area contributed by atoms with Gasteiger partial charge in [0.2, 0.25) is 0 Å². The molecule has 0 atom stereocenters. The van der Waals surface area contributed by atoms with Gasteiger partial charge in [0.05, 0.1) is 11.1 Å². The summed E-state index contributed by atoms with van der Waals surface area (Å²) < 4.78 is 1.28. The number of benzene rings is 1. The van der Waals surface area contributed by atoms with Crippen molar-refractivity contribution in [2.45, 2.75) is 0 Å². The summed E-state index contributed by atoms with van der Waals surface area (Å²) in [6.07, 6.45) is 3.13. The van der Waals surface area contributed by atoms with Gasteiger partial charge in [-0.15, -0.1) is 5.10 Å². The van der Waals surface area contributed by atoms with E-state index < -0.39 is 0 Å². The fraction of sp³-hybridized carbons (Fsp3) is 0. The van der Waals surface area contributed by atoms with Crippen LogP contribution in [0.3, 0.4) is 0 Å².